The maximum atomic E-state index is 14.6. The van der Waals surface area contributed by atoms with Crippen molar-refractivity contribution in [3.63, 3.8) is 0 Å². The van der Waals surface area contributed by atoms with Crippen molar-refractivity contribution in [3.05, 3.63) is 69.9 Å². The summed E-state index contributed by atoms with van der Waals surface area (Å²) in [6.07, 6.45) is -1.65. The Labute approximate surface area is 189 Å². The SMILES string of the molecule is C/[SH](=O)=N\[C@H]1Cc2cn(-c3noc4cc(C(F)(F)F)cc(-c5c(F)cccc5F)c34)c(=O)n2C1. The van der Waals surface area contributed by atoms with Crippen molar-refractivity contribution in [2.24, 2.45) is 4.36 Å². The van der Waals surface area contributed by atoms with Crippen LogP contribution >= 0.6 is 0 Å². The minimum absolute atomic E-state index is 0.152. The van der Waals surface area contributed by atoms with Crippen molar-refractivity contribution >= 4 is 21.6 Å². The Hall–Kier alpha value is -3.48. The van der Waals surface area contributed by atoms with Gasteiger partial charge in [0.05, 0.1) is 29.1 Å². The summed E-state index contributed by atoms with van der Waals surface area (Å²) in [5.41, 5.74) is -2.78. The highest BCUT2D eigenvalue weighted by molar-refractivity contribution is 7.74. The first-order valence-electron chi connectivity index (χ1n) is 9.92. The van der Waals surface area contributed by atoms with E-state index in [0.29, 0.717) is 24.2 Å². The number of rotatable bonds is 3. The van der Waals surface area contributed by atoms with E-state index in [4.69, 9.17) is 4.52 Å². The van der Waals surface area contributed by atoms with Crippen LogP contribution in [0.1, 0.15) is 11.3 Å². The van der Waals surface area contributed by atoms with Crippen molar-refractivity contribution < 1.29 is 30.7 Å². The first-order valence-corrected chi connectivity index (χ1v) is 11.6. The van der Waals surface area contributed by atoms with Gasteiger partial charge in [0.25, 0.3) is 0 Å². The highest BCUT2D eigenvalue weighted by Gasteiger charge is 2.34. The maximum Gasteiger partial charge on any atom is 0.416 e. The summed E-state index contributed by atoms with van der Waals surface area (Å²) in [5.74, 6) is -2.38. The van der Waals surface area contributed by atoms with Gasteiger partial charge in [-0.15, -0.1) is 0 Å². The van der Waals surface area contributed by atoms with Crippen molar-refractivity contribution in [3.8, 4) is 16.9 Å². The summed E-state index contributed by atoms with van der Waals surface area (Å²) in [6.45, 7) is 0.166. The Kier molecular flexibility index (Phi) is 5.11. The van der Waals surface area contributed by atoms with E-state index in [-0.39, 0.29) is 23.8 Å². The molecule has 0 spiro atoms. The largest absolute Gasteiger partial charge is 0.416 e. The van der Waals surface area contributed by atoms with Crippen LogP contribution < -0.4 is 5.69 Å². The molecule has 3 heterocycles. The second-order valence-corrected chi connectivity index (χ2v) is 8.98. The van der Waals surface area contributed by atoms with Gasteiger partial charge >= 0.3 is 11.9 Å². The number of imidazole rings is 1. The number of hydrogen-bond acceptors (Lipinski definition) is 5. The van der Waals surface area contributed by atoms with E-state index < -0.39 is 56.4 Å². The molecule has 0 aliphatic carbocycles. The van der Waals surface area contributed by atoms with Gasteiger partial charge in [0.2, 0.25) is 0 Å². The molecule has 13 heteroatoms. The molecule has 2 aromatic heterocycles. The standard InChI is InChI=1S/C21H15F5N4O3S/c1-34(32)28-11-7-12-9-30(20(31)29(12)8-11)19-18-13(17-14(22)3-2-4-15(17)23)5-10(21(24,25)26)6-16(18)33-27-19/h2-6,9,11,34H,7-8H2,1H3/t11-/m0/s1. The molecule has 0 radical (unpaired) electrons. The summed E-state index contributed by atoms with van der Waals surface area (Å²) >= 11 is 0. The Balaban J connectivity index is 1.76. The third kappa shape index (κ3) is 3.59. The van der Waals surface area contributed by atoms with E-state index in [9.17, 15) is 31.0 Å². The van der Waals surface area contributed by atoms with Crippen LogP contribution in [0.25, 0.3) is 27.9 Å². The van der Waals surface area contributed by atoms with E-state index in [1.165, 1.54) is 17.0 Å². The summed E-state index contributed by atoms with van der Waals surface area (Å²) in [5, 5.41) is 3.62. The zero-order chi connectivity index (χ0) is 24.4. The first kappa shape index (κ1) is 22.3. The molecular weight excluding hydrogens is 483 g/mol. The van der Waals surface area contributed by atoms with E-state index in [1.807, 2.05) is 0 Å². The number of thiol groups is 1. The Morgan fingerprint density at radius 3 is 2.53 bits per heavy atom. The van der Waals surface area contributed by atoms with Crippen LogP contribution in [0.2, 0.25) is 0 Å². The number of benzene rings is 2. The molecule has 1 unspecified atom stereocenters. The summed E-state index contributed by atoms with van der Waals surface area (Å²) in [6, 6.07) is 3.83. The second kappa shape index (κ2) is 7.79. The molecule has 1 aliphatic heterocycles. The van der Waals surface area contributed by atoms with Gasteiger partial charge in [-0.1, -0.05) is 11.2 Å². The lowest BCUT2D eigenvalue weighted by Crippen LogP contribution is -2.24. The number of hydrogen-bond donors (Lipinski definition) is 1. The molecule has 34 heavy (non-hydrogen) atoms. The van der Waals surface area contributed by atoms with E-state index in [0.717, 1.165) is 22.8 Å². The second-order valence-electron chi connectivity index (χ2n) is 7.82. The normalized spacial score (nSPS) is 16.9. The number of aromatic nitrogens is 3. The molecule has 0 amide bonds. The van der Waals surface area contributed by atoms with Gasteiger partial charge in [-0.2, -0.15) is 13.2 Å². The third-order valence-electron chi connectivity index (χ3n) is 5.57. The van der Waals surface area contributed by atoms with E-state index >= 15 is 0 Å². The summed E-state index contributed by atoms with van der Waals surface area (Å²) in [4.78, 5) is 13.0. The van der Waals surface area contributed by atoms with Crippen molar-refractivity contribution in [1.82, 2.24) is 14.3 Å². The fourth-order valence-corrected chi connectivity index (χ4v) is 4.81. The molecule has 1 aliphatic rings. The first-order chi connectivity index (χ1) is 16.0. The predicted octanol–water partition coefficient (Wildman–Crippen LogP) is 3.96. The lowest BCUT2D eigenvalue weighted by Gasteiger charge is -2.12. The number of fused-ring (bicyclic) bond motifs is 2. The average Bonchev–Trinajstić information content (AvgIpc) is 3.41. The van der Waals surface area contributed by atoms with Gasteiger partial charge in [0, 0.05) is 40.7 Å². The molecule has 0 fully saturated rings. The van der Waals surface area contributed by atoms with Crippen LogP contribution in [-0.2, 0) is 29.7 Å². The molecule has 4 aromatic rings. The molecule has 2 atom stereocenters. The van der Waals surface area contributed by atoms with Gasteiger partial charge in [0.1, 0.15) is 11.6 Å². The molecule has 2 aromatic carbocycles. The van der Waals surface area contributed by atoms with Crippen molar-refractivity contribution in [1.29, 1.82) is 0 Å². The van der Waals surface area contributed by atoms with Crippen LogP contribution in [0.3, 0.4) is 0 Å². The van der Waals surface area contributed by atoms with Gasteiger partial charge in [-0.3, -0.25) is 8.78 Å². The monoisotopic (exact) mass is 498 g/mol. The smallest absolute Gasteiger partial charge is 0.354 e. The molecule has 178 valence electrons. The number of alkyl halides is 3. The zero-order valence-corrected chi connectivity index (χ0v) is 18.2. The van der Waals surface area contributed by atoms with Gasteiger partial charge in [0.15, 0.2) is 11.4 Å². The molecule has 5 rings (SSSR count). The highest BCUT2D eigenvalue weighted by atomic mass is 32.2. The van der Waals surface area contributed by atoms with Crippen LogP contribution in [0.4, 0.5) is 22.0 Å². The topological polar surface area (TPSA) is 82.4 Å². The number of nitrogens with zero attached hydrogens (tertiary/aromatic N) is 4. The Morgan fingerprint density at radius 1 is 1.21 bits per heavy atom. The maximum absolute atomic E-state index is 14.6. The lowest BCUT2D eigenvalue weighted by atomic mass is 9.97. The molecule has 0 saturated carbocycles. The van der Waals surface area contributed by atoms with Gasteiger partial charge < -0.3 is 4.52 Å². The quantitative estimate of drug-likeness (QED) is 0.343. The molecule has 0 saturated heterocycles. The zero-order valence-electron chi connectivity index (χ0n) is 17.3. The number of halogens is 5. The minimum atomic E-state index is -4.83. The van der Waals surface area contributed by atoms with E-state index in [1.54, 1.807) is 0 Å². The molecular formula is C21H15F5N4O3S. The molecule has 0 bridgehead atoms. The lowest BCUT2D eigenvalue weighted by molar-refractivity contribution is -0.137. The van der Waals surface area contributed by atoms with Crippen LogP contribution in [0.5, 0.6) is 0 Å². The summed E-state index contributed by atoms with van der Waals surface area (Å²) in [7, 11) is -1.76. The van der Waals surface area contributed by atoms with Crippen LogP contribution in [0.15, 0.2) is 50.2 Å². The van der Waals surface area contributed by atoms with Crippen molar-refractivity contribution in [2.75, 3.05) is 6.26 Å². The van der Waals surface area contributed by atoms with E-state index in [2.05, 4.69) is 9.52 Å². The van der Waals surface area contributed by atoms with Gasteiger partial charge in [-0.05, 0) is 24.3 Å². The third-order valence-corrected chi connectivity index (χ3v) is 6.22. The fraction of sp³-hybridized carbons (Fsp3) is 0.238. The minimum Gasteiger partial charge on any atom is -0.354 e. The van der Waals surface area contributed by atoms with Crippen LogP contribution in [-0.4, -0.2) is 30.8 Å². The molecule has 7 nitrogen and oxygen atoms in total. The highest BCUT2D eigenvalue weighted by Crippen LogP contribution is 2.41. The van der Waals surface area contributed by atoms with Gasteiger partial charge in [-0.25, -0.2) is 22.5 Å². The van der Waals surface area contributed by atoms with Crippen LogP contribution in [0, 0.1) is 11.6 Å². The summed E-state index contributed by atoms with van der Waals surface area (Å²) < 4.78 is 92.7. The fourth-order valence-electron chi connectivity index (χ4n) is 4.20. The predicted molar refractivity (Wildman–Crippen MR) is 113 cm³/mol. The average molecular weight is 498 g/mol. The van der Waals surface area contributed by atoms with Crippen molar-refractivity contribution in [2.45, 2.75) is 25.2 Å². The molecule has 0 N–H and O–H groups in total. The Bertz CT molecular complexity index is 1570. The Morgan fingerprint density at radius 2 is 1.91 bits per heavy atom.